The van der Waals surface area contributed by atoms with Gasteiger partial charge in [-0.1, -0.05) is 49.2 Å². The smallest absolute Gasteiger partial charge is 0.146 e. The van der Waals surface area contributed by atoms with Gasteiger partial charge in [-0.15, -0.1) is 0 Å². The summed E-state index contributed by atoms with van der Waals surface area (Å²) >= 11 is 12.8. The van der Waals surface area contributed by atoms with Crippen LogP contribution in [0.25, 0.3) is 16.8 Å². The molecular weight excluding hydrogens is 365 g/mol. The fraction of sp³-hybridized carbons (Fsp3) is 0.381. The molecule has 3 nitrogen and oxygen atoms in total. The number of aromatic nitrogens is 2. The normalized spacial score (nSPS) is 17.0. The molecule has 3 heterocycles. The van der Waals surface area contributed by atoms with Crippen molar-refractivity contribution in [3.8, 4) is 11.1 Å². The van der Waals surface area contributed by atoms with Crippen molar-refractivity contribution in [2.75, 3.05) is 18.0 Å². The second-order valence-electron chi connectivity index (χ2n) is 7.93. The predicted molar refractivity (Wildman–Crippen MR) is 111 cm³/mol. The SMILES string of the molecule is Cc1cc(N2CCC(C)(C)CC2)n2ccnc2c1-c1cccc(Cl)c1Cl. The summed E-state index contributed by atoms with van der Waals surface area (Å²) in [5.41, 5.74) is 4.48. The topological polar surface area (TPSA) is 20.5 Å². The maximum Gasteiger partial charge on any atom is 0.146 e. The van der Waals surface area contributed by atoms with Crippen molar-refractivity contribution in [2.24, 2.45) is 5.41 Å². The maximum atomic E-state index is 6.51. The van der Waals surface area contributed by atoms with Gasteiger partial charge in [0.25, 0.3) is 0 Å². The van der Waals surface area contributed by atoms with Crippen molar-refractivity contribution in [3.05, 3.63) is 52.3 Å². The Morgan fingerprint density at radius 2 is 1.85 bits per heavy atom. The first-order valence-electron chi connectivity index (χ1n) is 9.03. The lowest BCUT2D eigenvalue weighted by atomic mass is 9.82. The van der Waals surface area contributed by atoms with Crippen molar-refractivity contribution in [3.63, 3.8) is 0 Å². The molecule has 3 aromatic rings. The van der Waals surface area contributed by atoms with Gasteiger partial charge in [-0.05, 0) is 42.9 Å². The third kappa shape index (κ3) is 2.97. The molecule has 0 atom stereocenters. The summed E-state index contributed by atoms with van der Waals surface area (Å²) in [6, 6.07) is 8.01. The van der Waals surface area contributed by atoms with Gasteiger partial charge in [-0.3, -0.25) is 4.40 Å². The predicted octanol–water partition coefficient (Wildman–Crippen LogP) is 6.24. The number of imidazole rings is 1. The van der Waals surface area contributed by atoms with Crippen LogP contribution >= 0.6 is 23.2 Å². The minimum atomic E-state index is 0.424. The summed E-state index contributed by atoms with van der Waals surface area (Å²) in [6.45, 7) is 8.96. The molecule has 26 heavy (non-hydrogen) atoms. The molecule has 0 amide bonds. The number of piperidine rings is 1. The van der Waals surface area contributed by atoms with Crippen molar-refractivity contribution >= 4 is 34.7 Å². The number of halogens is 2. The average molecular weight is 388 g/mol. The molecule has 2 aromatic heterocycles. The molecule has 5 heteroatoms. The van der Waals surface area contributed by atoms with Crippen LogP contribution in [0.2, 0.25) is 10.0 Å². The molecular formula is C21H23Cl2N3. The first-order chi connectivity index (χ1) is 12.4. The number of nitrogens with zero attached hydrogens (tertiary/aromatic N) is 3. The second kappa shape index (κ2) is 6.47. The monoisotopic (exact) mass is 387 g/mol. The highest BCUT2D eigenvalue weighted by Crippen LogP contribution is 2.39. The van der Waals surface area contributed by atoms with Crippen molar-refractivity contribution < 1.29 is 0 Å². The summed E-state index contributed by atoms with van der Waals surface area (Å²) in [4.78, 5) is 7.11. The lowest BCUT2D eigenvalue weighted by Gasteiger charge is -2.38. The third-order valence-corrected chi connectivity index (χ3v) is 6.33. The van der Waals surface area contributed by atoms with Crippen LogP contribution in [0.4, 0.5) is 5.82 Å². The zero-order valence-electron chi connectivity index (χ0n) is 15.4. The Labute approximate surface area is 164 Å². The number of benzene rings is 1. The molecule has 0 bridgehead atoms. The van der Waals surface area contributed by atoms with E-state index >= 15 is 0 Å². The molecule has 1 fully saturated rings. The molecule has 0 unspecified atom stereocenters. The van der Waals surface area contributed by atoms with Crippen LogP contribution < -0.4 is 4.90 Å². The number of rotatable bonds is 2. The zero-order valence-corrected chi connectivity index (χ0v) is 16.9. The highest BCUT2D eigenvalue weighted by atomic mass is 35.5. The molecule has 0 aliphatic carbocycles. The van der Waals surface area contributed by atoms with E-state index in [2.05, 4.69) is 41.1 Å². The highest BCUT2D eigenvalue weighted by molar-refractivity contribution is 6.43. The van der Waals surface area contributed by atoms with E-state index in [4.69, 9.17) is 23.2 Å². The molecule has 1 aromatic carbocycles. The molecule has 136 valence electrons. The highest BCUT2D eigenvalue weighted by Gasteiger charge is 2.27. The van der Waals surface area contributed by atoms with Gasteiger partial charge < -0.3 is 4.90 Å². The van der Waals surface area contributed by atoms with Gasteiger partial charge >= 0.3 is 0 Å². The van der Waals surface area contributed by atoms with Gasteiger partial charge in [-0.25, -0.2) is 4.98 Å². The van der Waals surface area contributed by atoms with Crippen LogP contribution in [0.3, 0.4) is 0 Å². The first-order valence-corrected chi connectivity index (χ1v) is 9.79. The van der Waals surface area contributed by atoms with Crippen molar-refractivity contribution in [2.45, 2.75) is 33.6 Å². The molecule has 0 N–H and O–H groups in total. The van der Waals surface area contributed by atoms with Gasteiger partial charge in [0.1, 0.15) is 11.5 Å². The van der Waals surface area contributed by atoms with Crippen LogP contribution in [-0.4, -0.2) is 22.5 Å². The van der Waals surface area contributed by atoms with Gasteiger partial charge in [0.15, 0.2) is 0 Å². The minimum Gasteiger partial charge on any atom is -0.358 e. The number of fused-ring (bicyclic) bond motifs is 1. The Hall–Kier alpha value is -1.71. The lowest BCUT2D eigenvalue weighted by molar-refractivity contribution is 0.279. The van der Waals surface area contributed by atoms with Crippen LogP contribution in [-0.2, 0) is 0 Å². The quantitative estimate of drug-likeness (QED) is 0.518. The van der Waals surface area contributed by atoms with E-state index in [0.29, 0.717) is 15.5 Å². The summed E-state index contributed by atoms with van der Waals surface area (Å²) in [6.07, 6.45) is 6.29. The third-order valence-electron chi connectivity index (χ3n) is 5.51. The van der Waals surface area contributed by atoms with Crippen LogP contribution in [0, 0.1) is 12.3 Å². The number of pyridine rings is 1. The number of hydrogen-bond donors (Lipinski definition) is 0. The Morgan fingerprint density at radius 3 is 2.58 bits per heavy atom. The number of hydrogen-bond acceptors (Lipinski definition) is 2. The van der Waals surface area contributed by atoms with E-state index in [0.717, 1.165) is 35.4 Å². The van der Waals surface area contributed by atoms with E-state index < -0.39 is 0 Å². The summed E-state index contributed by atoms with van der Waals surface area (Å²) in [5, 5.41) is 1.14. The fourth-order valence-corrected chi connectivity index (χ4v) is 4.19. The Kier molecular flexibility index (Phi) is 4.40. The maximum absolute atomic E-state index is 6.51. The molecule has 0 spiro atoms. The van der Waals surface area contributed by atoms with Gasteiger partial charge in [0.2, 0.25) is 0 Å². The summed E-state index contributed by atoms with van der Waals surface area (Å²) in [7, 11) is 0. The Morgan fingerprint density at radius 1 is 1.12 bits per heavy atom. The van der Waals surface area contributed by atoms with Crippen molar-refractivity contribution in [1.29, 1.82) is 0 Å². The zero-order chi connectivity index (χ0) is 18.5. The molecule has 1 aliphatic heterocycles. The van der Waals surface area contributed by atoms with E-state index in [1.165, 1.54) is 18.7 Å². The summed E-state index contributed by atoms with van der Waals surface area (Å²) < 4.78 is 2.18. The van der Waals surface area contributed by atoms with E-state index in [1.807, 2.05) is 30.6 Å². The Bertz CT molecular complexity index is 965. The van der Waals surface area contributed by atoms with E-state index in [-0.39, 0.29) is 0 Å². The largest absolute Gasteiger partial charge is 0.358 e. The van der Waals surface area contributed by atoms with Crippen LogP contribution in [0.15, 0.2) is 36.7 Å². The number of aryl methyl sites for hydroxylation is 1. The van der Waals surface area contributed by atoms with E-state index in [9.17, 15) is 0 Å². The molecule has 4 rings (SSSR count). The molecule has 0 radical (unpaired) electrons. The van der Waals surface area contributed by atoms with Crippen LogP contribution in [0.1, 0.15) is 32.3 Å². The minimum absolute atomic E-state index is 0.424. The van der Waals surface area contributed by atoms with E-state index in [1.54, 1.807) is 0 Å². The first kappa shape index (κ1) is 17.7. The molecule has 0 saturated carbocycles. The van der Waals surface area contributed by atoms with Gasteiger partial charge in [0.05, 0.1) is 10.0 Å². The average Bonchev–Trinajstić information content (AvgIpc) is 3.07. The van der Waals surface area contributed by atoms with Gasteiger partial charge in [-0.2, -0.15) is 0 Å². The standard InChI is InChI=1S/C21H23Cl2N3/c1-14-13-17(25-10-7-21(2,3)8-11-25)26-12-9-24-20(26)18(14)15-5-4-6-16(22)19(15)23/h4-6,9,12-13H,7-8,10-11H2,1-3H3. The van der Waals surface area contributed by atoms with Crippen molar-refractivity contribution in [1.82, 2.24) is 9.38 Å². The number of anilines is 1. The lowest BCUT2D eigenvalue weighted by Crippen LogP contribution is -2.38. The van der Waals surface area contributed by atoms with Crippen LogP contribution in [0.5, 0.6) is 0 Å². The molecule has 1 aliphatic rings. The Balaban J connectivity index is 1.85. The fourth-order valence-electron chi connectivity index (χ4n) is 3.80. The van der Waals surface area contributed by atoms with Gasteiger partial charge in [0, 0.05) is 36.6 Å². The summed E-state index contributed by atoms with van der Waals surface area (Å²) in [5.74, 6) is 1.20. The molecule has 1 saturated heterocycles. The second-order valence-corrected chi connectivity index (χ2v) is 8.72.